The lowest BCUT2D eigenvalue weighted by molar-refractivity contribution is -0.136. The Morgan fingerprint density at radius 2 is 1.70 bits per heavy atom. The van der Waals surface area contributed by atoms with Gasteiger partial charge in [0.25, 0.3) is 0 Å². The van der Waals surface area contributed by atoms with Gasteiger partial charge in [0.2, 0.25) is 17.7 Å². The Hall–Kier alpha value is -3.65. The average molecular weight is 507 g/mol. The molecular weight excluding hydrogens is 468 g/mol. The van der Waals surface area contributed by atoms with Gasteiger partial charge in [-0.3, -0.25) is 14.4 Å². The maximum absolute atomic E-state index is 13.3. The SMILES string of the molecule is Cc1cccc(C[C@@H]2NC(=O)C(C)(C)NC(=O)C(C)(C)NCCOc3ccccc3/C=C/CNC2=O)c1. The number of ether oxygens (including phenoxy) is 1. The van der Waals surface area contributed by atoms with Crippen LogP contribution in [-0.2, 0) is 20.8 Å². The second-order valence-corrected chi connectivity index (χ2v) is 10.4. The predicted octanol–water partition coefficient (Wildman–Crippen LogP) is 2.51. The number of hydrogen-bond acceptors (Lipinski definition) is 5. The molecule has 0 saturated heterocycles. The van der Waals surface area contributed by atoms with Gasteiger partial charge in [-0.2, -0.15) is 0 Å². The van der Waals surface area contributed by atoms with Crippen molar-refractivity contribution in [1.29, 1.82) is 0 Å². The maximum atomic E-state index is 13.3. The fraction of sp³-hybridized carbons (Fsp3) is 0.414. The Morgan fingerprint density at radius 1 is 0.946 bits per heavy atom. The molecule has 0 unspecified atom stereocenters. The molecule has 0 aromatic heterocycles. The first kappa shape index (κ1) is 27.9. The van der Waals surface area contributed by atoms with Crippen LogP contribution in [0.25, 0.3) is 6.08 Å². The van der Waals surface area contributed by atoms with Crippen molar-refractivity contribution in [3.05, 3.63) is 71.3 Å². The summed E-state index contributed by atoms with van der Waals surface area (Å²) in [7, 11) is 0. The van der Waals surface area contributed by atoms with Crippen molar-refractivity contribution in [2.45, 2.75) is 58.2 Å². The third-order valence-corrected chi connectivity index (χ3v) is 6.24. The Labute approximate surface area is 219 Å². The van der Waals surface area contributed by atoms with Crippen LogP contribution in [0.2, 0.25) is 0 Å². The van der Waals surface area contributed by atoms with E-state index >= 15 is 0 Å². The molecule has 8 nitrogen and oxygen atoms in total. The van der Waals surface area contributed by atoms with Crippen LogP contribution in [0.1, 0.15) is 44.4 Å². The molecule has 2 aromatic rings. The van der Waals surface area contributed by atoms with Crippen molar-refractivity contribution in [1.82, 2.24) is 21.3 Å². The molecule has 3 rings (SSSR count). The zero-order valence-electron chi connectivity index (χ0n) is 22.3. The molecule has 1 aliphatic heterocycles. The number of nitrogens with one attached hydrogen (secondary N) is 4. The molecule has 1 atom stereocenters. The molecule has 37 heavy (non-hydrogen) atoms. The van der Waals surface area contributed by atoms with Crippen LogP contribution in [0.3, 0.4) is 0 Å². The van der Waals surface area contributed by atoms with Crippen LogP contribution >= 0.6 is 0 Å². The molecule has 3 amide bonds. The number of benzene rings is 2. The normalized spacial score (nSPS) is 21.6. The summed E-state index contributed by atoms with van der Waals surface area (Å²) in [4.78, 5) is 39.5. The molecule has 1 aliphatic rings. The van der Waals surface area contributed by atoms with Gasteiger partial charge >= 0.3 is 0 Å². The van der Waals surface area contributed by atoms with E-state index in [-0.39, 0.29) is 18.4 Å². The monoisotopic (exact) mass is 506 g/mol. The predicted molar refractivity (Wildman–Crippen MR) is 145 cm³/mol. The first-order valence-electron chi connectivity index (χ1n) is 12.6. The van der Waals surface area contributed by atoms with Crippen LogP contribution in [0.4, 0.5) is 0 Å². The van der Waals surface area contributed by atoms with Crippen LogP contribution < -0.4 is 26.0 Å². The molecule has 0 aliphatic carbocycles. The highest BCUT2D eigenvalue weighted by Crippen LogP contribution is 2.19. The van der Waals surface area contributed by atoms with Gasteiger partial charge in [-0.1, -0.05) is 60.2 Å². The lowest BCUT2D eigenvalue weighted by Gasteiger charge is -2.33. The number of fused-ring (bicyclic) bond motifs is 1. The second kappa shape index (κ2) is 12.1. The molecule has 8 heteroatoms. The van der Waals surface area contributed by atoms with E-state index in [4.69, 9.17) is 4.74 Å². The van der Waals surface area contributed by atoms with E-state index in [1.165, 1.54) is 0 Å². The third kappa shape index (κ3) is 7.92. The standard InChI is InChI=1S/C29H38N4O4/c1-20-10-8-11-21(18-20)19-23-25(34)30-15-9-13-22-12-6-7-14-24(22)37-17-16-31-28(2,3)27(36)33-29(4,5)26(35)32-23/h6-14,18,23,31H,15-17,19H2,1-5H3,(H,30,34)(H,32,35)(H,33,36)/b13-9+/t23-/m0/s1. The number of amides is 3. The van der Waals surface area contributed by atoms with Crippen molar-refractivity contribution in [3.63, 3.8) is 0 Å². The molecule has 2 aromatic carbocycles. The van der Waals surface area contributed by atoms with Gasteiger partial charge in [-0.15, -0.1) is 0 Å². The van der Waals surface area contributed by atoms with Gasteiger partial charge in [-0.05, 0) is 46.2 Å². The average Bonchev–Trinajstić information content (AvgIpc) is 2.83. The zero-order valence-corrected chi connectivity index (χ0v) is 22.3. The van der Waals surface area contributed by atoms with Crippen LogP contribution in [-0.4, -0.2) is 54.5 Å². The van der Waals surface area contributed by atoms with Gasteiger partial charge in [-0.25, -0.2) is 0 Å². The highest BCUT2D eigenvalue weighted by atomic mass is 16.5. The van der Waals surface area contributed by atoms with E-state index in [0.717, 1.165) is 16.7 Å². The van der Waals surface area contributed by atoms with E-state index in [0.29, 0.717) is 25.3 Å². The van der Waals surface area contributed by atoms with Crippen LogP contribution in [0.5, 0.6) is 5.75 Å². The van der Waals surface area contributed by atoms with Gasteiger partial charge in [0.15, 0.2) is 0 Å². The fourth-order valence-electron chi connectivity index (χ4n) is 3.94. The zero-order chi connectivity index (χ0) is 27.1. The lowest BCUT2D eigenvalue weighted by atomic mass is 9.97. The van der Waals surface area contributed by atoms with Crippen molar-refractivity contribution >= 4 is 23.8 Å². The summed E-state index contributed by atoms with van der Waals surface area (Å²) in [5.41, 5.74) is 0.666. The van der Waals surface area contributed by atoms with E-state index in [1.54, 1.807) is 27.7 Å². The number of hydrogen-bond donors (Lipinski definition) is 4. The van der Waals surface area contributed by atoms with Crippen molar-refractivity contribution in [3.8, 4) is 5.75 Å². The molecule has 0 fully saturated rings. The third-order valence-electron chi connectivity index (χ3n) is 6.24. The Morgan fingerprint density at radius 3 is 2.46 bits per heavy atom. The van der Waals surface area contributed by atoms with E-state index < -0.39 is 23.0 Å². The quantitative estimate of drug-likeness (QED) is 0.501. The topological polar surface area (TPSA) is 109 Å². The number of rotatable bonds is 2. The van der Waals surface area contributed by atoms with Gasteiger partial charge < -0.3 is 26.0 Å². The van der Waals surface area contributed by atoms with Gasteiger partial charge in [0.1, 0.15) is 23.9 Å². The number of carbonyl (C=O) groups is 3. The van der Waals surface area contributed by atoms with Gasteiger partial charge in [0.05, 0.1) is 5.54 Å². The van der Waals surface area contributed by atoms with Crippen LogP contribution in [0, 0.1) is 6.92 Å². The minimum absolute atomic E-state index is 0.281. The summed E-state index contributed by atoms with van der Waals surface area (Å²) in [5.74, 6) is -0.384. The Kier molecular flexibility index (Phi) is 9.10. The molecule has 1 heterocycles. The van der Waals surface area contributed by atoms with Crippen molar-refractivity contribution in [2.24, 2.45) is 0 Å². The maximum Gasteiger partial charge on any atom is 0.245 e. The first-order valence-corrected chi connectivity index (χ1v) is 12.6. The molecule has 0 bridgehead atoms. The molecule has 0 spiro atoms. The summed E-state index contributed by atoms with van der Waals surface area (Å²) in [6.45, 7) is 9.79. The highest BCUT2D eigenvalue weighted by molar-refractivity contribution is 5.96. The largest absolute Gasteiger partial charge is 0.492 e. The van der Waals surface area contributed by atoms with E-state index in [2.05, 4.69) is 21.3 Å². The summed E-state index contributed by atoms with van der Waals surface area (Å²) >= 11 is 0. The molecule has 198 valence electrons. The molecule has 0 saturated carbocycles. The number of aryl methyl sites for hydroxylation is 1. The Balaban J connectivity index is 1.88. The van der Waals surface area contributed by atoms with E-state index in [9.17, 15) is 14.4 Å². The second-order valence-electron chi connectivity index (χ2n) is 10.4. The Bertz CT molecular complexity index is 1160. The fourth-order valence-corrected chi connectivity index (χ4v) is 3.94. The summed E-state index contributed by atoms with van der Waals surface area (Å²) in [6.07, 6.45) is 4.05. The van der Waals surface area contributed by atoms with Crippen molar-refractivity contribution in [2.75, 3.05) is 19.7 Å². The molecule has 0 radical (unpaired) electrons. The minimum atomic E-state index is -1.25. The van der Waals surface area contributed by atoms with Crippen LogP contribution in [0.15, 0.2) is 54.6 Å². The van der Waals surface area contributed by atoms with Gasteiger partial charge in [0, 0.05) is 25.1 Å². The summed E-state index contributed by atoms with van der Waals surface area (Å²) in [5, 5.41) is 11.8. The van der Waals surface area contributed by atoms with Crippen molar-refractivity contribution < 1.29 is 19.1 Å². The smallest absolute Gasteiger partial charge is 0.245 e. The minimum Gasteiger partial charge on any atom is -0.492 e. The first-order chi connectivity index (χ1) is 17.5. The van der Waals surface area contributed by atoms with E-state index in [1.807, 2.05) is 67.6 Å². The lowest BCUT2D eigenvalue weighted by Crippen LogP contribution is -2.64. The molecular formula is C29H38N4O4. The number of para-hydroxylation sites is 1. The highest BCUT2D eigenvalue weighted by Gasteiger charge is 2.37. The molecule has 4 N–H and O–H groups in total. The summed E-state index contributed by atoms with van der Waals surface area (Å²) < 4.78 is 5.94. The summed E-state index contributed by atoms with van der Waals surface area (Å²) in [6, 6.07) is 14.6. The number of carbonyl (C=O) groups excluding carboxylic acids is 3.